The summed E-state index contributed by atoms with van der Waals surface area (Å²) in [5.74, 6) is 2.45. The third-order valence-corrected chi connectivity index (χ3v) is 6.36. The lowest BCUT2D eigenvalue weighted by molar-refractivity contribution is 0.157. The molecule has 5 rings (SSSR count). The highest BCUT2D eigenvalue weighted by Crippen LogP contribution is 2.38. The Labute approximate surface area is 165 Å². The van der Waals surface area contributed by atoms with Crippen molar-refractivity contribution in [1.82, 2.24) is 9.80 Å². The summed E-state index contributed by atoms with van der Waals surface area (Å²) in [6, 6.07) is 11.2. The molecule has 0 unspecified atom stereocenters. The van der Waals surface area contributed by atoms with E-state index in [2.05, 4.69) is 21.9 Å². The summed E-state index contributed by atoms with van der Waals surface area (Å²) < 4.78 is 24.1. The van der Waals surface area contributed by atoms with Crippen LogP contribution in [0, 0.1) is 11.7 Å². The van der Waals surface area contributed by atoms with Crippen molar-refractivity contribution < 1.29 is 13.9 Å². The van der Waals surface area contributed by atoms with E-state index in [-0.39, 0.29) is 5.82 Å². The number of hydrogen-bond donors (Lipinski definition) is 0. The van der Waals surface area contributed by atoms with E-state index in [4.69, 9.17) is 9.47 Å². The lowest BCUT2D eigenvalue weighted by Crippen LogP contribution is -2.34. The van der Waals surface area contributed by atoms with E-state index in [0.717, 1.165) is 56.7 Å². The van der Waals surface area contributed by atoms with E-state index < -0.39 is 0 Å². The van der Waals surface area contributed by atoms with Crippen LogP contribution in [0.4, 0.5) is 4.39 Å². The molecule has 0 amide bonds. The van der Waals surface area contributed by atoms with Crippen molar-refractivity contribution in [3.05, 3.63) is 58.9 Å². The summed E-state index contributed by atoms with van der Waals surface area (Å²) in [5.41, 5.74) is 3.98. The molecule has 4 nitrogen and oxygen atoms in total. The summed E-state index contributed by atoms with van der Waals surface area (Å²) in [4.78, 5) is 5.04. The predicted octanol–water partition coefficient (Wildman–Crippen LogP) is 4.17. The van der Waals surface area contributed by atoms with Gasteiger partial charge in [0.1, 0.15) is 5.82 Å². The van der Waals surface area contributed by atoms with Crippen LogP contribution >= 0.6 is 0 Å². The van der Waals surface area contributed by atoms with Crippen LogP contribution in [0.1, 0.15) is 36.0 Å². The van der Waals surface area contributed by atoms with E-state index in [9.17, 15) is 4.39 Å². The maximum absolute atomic E-state index is 13.0. The molecule has 0 aliphatic carbocycles. The molecule has 28 heavy (non-hydrogen) atoms. The van der Waals surface area contributed by atoms with Crippen LogP contribution in [-0.4, -0.2) is 36.2 Å². The Bertz CT molecular complexity index is 798. The predicted molar refractivity (Wildman–Crippen MR) is 106 cm³/mol. The first-order valence-corrected chi connectivity index (χ1v) is 10.3. The van der Waals surface area contributed by atoms with Gasteiger partial charge < -0.3 is 9.47 Å². The van der Waals surface area contributed by atoms with Crippen molar-refractivity contribution in [2.75, 3.05) is 26.4 Å². The van der Waals surface area contributed by atoms with Gasteiger partial charge in [-0.3, -0.25) is 9.80 Å². The lowest BCUT2D eigenvalue weighted by Gasteiger charge is -2.32. The second-order valence-electron chi connectivity index (χ2n) is 8.32. The molecule has 0 spiro atoms. The van der Waals surface area contributed by atoms with E-state index in [0.29, 0.717) is 6.79 Å². The number of halogens is 1. The number of nitrogens with zero attached hydrogens (tertiary/aromatic N) is 2. The molecule has 0 aromatic heterocycles. The van der Waals surface area contributed by atoms with Gasteiger partial charge in [0.25, 0.3) is 0 Å². The maximum atomic E-state index is 13.0. The molecule has 148 valence electrons. The number of hydrogen-bond acceptors (Lipinski definition) is 4. The number of likely N-dealkylation sites (tertiary alicyclic amines) is 1. The van der Waals surface area contributed by atoms with Crippen molar-refractivity contribution in [2.45, 2.75) is 38.9 Å². The zero-order chi connectivity index (χ0) is 18.9. The Morgan fingerprint density at radius 2 is 1.54 bits per heavy atom. The molecule has 2 aromatic rings. The highest BCUT2D eigenvalue weighted by molar-refractivity contribution is 5.49. The van der Waals surface area contributed by atoms with Crippen molar-refractivity contribution >= 4 is 0 Å². The molecular formula is C23H27FN2O2. The average molecular weight is 382 g/mol. The zero-order valence-corrected chi connectivity index (χ0v) is 16.2. The van der Waals surface area contributed by atoms with Gasteiger partial charge in [0, 0.05) is 19.6 Å². The van der Waals surface area contributed by atoms with Crippen molar-refractivity contribution in [2.24, 2.45) is 5.92 Å². The standard InChI is InChI=1S/C23H27FN2O2/c24-21-3-1-18(2-4-21)13-25-8-5-17(6-9-25)7-10-26-14-19-11-22-23(28-16-27-22)12-20(19)15-26/h1-4,11-12,17H,5-10,13-16H2. The minimum atomic E-state index is -0.156. The van der Waals surface area contributed by atoms with E-state index >= 15 is 0 Å². The largest absolute Gasteiger partial charge is 0.454 e. The number of benzene rings is 2. The van der Waals surface area contributed by atoms with Crippen LogP contribution in [-0.2, 0) is 19.6 Å². The summed E-state index contributed by atoms with van der Waals surface area (Å²) in [5, 5.41) is 0. The fourth-order valence-corrected chi connectivity index (χ4v) is 4.66. The second kappa shape index (κ2) is 7.72. The Hall–Kier alpha value is -2.11. The third-order valence-electron chi connectivity index (χ3n) is 6.36. The van der Waals surface area contributed by atoms with Crippen LogP contribution in [0.25, 0.3) is 0 Å². The number of rotatable bonds is 5. The van der Waals surface area contributed by atoms with Crippen LogP contribution in [0.15, 0.2) is 36.4 Å². The second-order valence-corrected chi connectivity index (χ2v) is 8.32. The van der Waals surface area contributed by atoms with Gasteiger partial charge in [0.15, 0.2) is 11.5 Å². The molecule has 3 aliphatic rings. The topological polar surface area (TPSA) is 24.9 Å². The van der Waals surface area contributed by atoms with Gasteiger partial charge in [-0.2, -0.15) is 0 Å². The fraction of sp³-hybridized carbons (Fsp3) is 0.478. The molecule has 5 heteroatoms. The summed E-state index contributed by atoms with van der Waals surface area (Å²) >= 11 is 0. The van der Waals surface area contributed by atoms with Crippen LogP contribution in [0.2, 0.25) is 0 Å². The van der Waals surface area contributed by atoms with Gasteiger partial charge >= 0.3 is 0 Å². The summed E-state index contributed by atoms with van der Waals surface area (Å²) in [6.07, 6.45) is 3.79. The Morgan fingerprint density at radius 3 is 2.18 bits per heavy atom. The lowest BCUT2D eigenvalue weighted by atomic mass is 9.93. The maximum Gasteiger partial charge on any atom is 0.231 e. The first-order chi connectivity index (χ1) is 13.7. The van der Waals surface area contributed by atoms with E-state index in [1.54, 1.807) is 12.1 Å². The normalized spacial score (nSPS) is 19.9. The van der Waals surface area contributed by atoms with Gasteiger partial charge in [0.2, 0.25) is 6.79 Å². The summed E-state index contributed by atoms with van der Waals surface area (Å²) in [6.45, 7) is 6.77. The van der Waals surface area contributed by atoms with Crippen molar-refractivity contribution in [3.8, 4) is 11.5 Å². The minimum Gasteiger partial charge on any atom is -0.454 e. The van der Waals surface area contributed by atoms with Crippen molar-refractivity contribution in [1.29, 1.82) is 0 Å². The van der Waals surface area contributed by atoms with Crippen molar-refractivity contribution in [3.63, 3.8) is 0 Å². The minimum absolute atomic E-state index is 0.156. The van der Waals surface area contributed by atoms with Gasteiger partial charge in [0.05, 0.1) is 0 Å². The molecule has 0 N–H and O–H groups in total. The van der Waals surface area contributed by atoms with Gasteiger partial charge in [-0.25, -0.2) is 4.39 Å². The monoisotopic (exact) mass is 382 g/mol. The zero-order valence-electron chi connectivity index (χ0n) is 16.2. The molecule has 1 fully saturated rings. The molecule has 0 bridgehead atoms. The summed E-state index contributed by atoms with van der Waals surface area (Å²) in [7, 11) is 0. The Balaban J connectivity index is 1.07. The third kappa shape index (κ3) is 3.87. The SMILES string of the molecule is Fc1ccc(CN2CCC(CCN3Cc4cc5c(cc4C3)OCO5)CC2)cc1. The van der Waals surface area contributed by atoms with Gasteiger partial charge in [-0.1, -0.05) is 12.1 Å². The molecule has 3 heterocycles. The number of ether oxygens (including phenoxy) is 2. The van der Waals surface area contributed by atoms with E-state index in [1.807, 2.05) is 12.1 Å². The molecule has 0 atom stereocenters. The number of piperidine rings is 1. The highest BCUT2D eigenvalue weighted by Gasteiger charge is 2.25. The van der Waals surface area contributed by atoms with E-state index in [1.165, 1.54) is 36.0 Å². The molecule has 1 saturated heterocycles. The smallest absolute Gasteiger partial charge is 0.231 e. The first-order valence-electron chi connectivity index (χ1n) is 10.3. The average Bonchev–Trinajstić information content (AvgIpc) is 3.32. The Morgan fingerprint density at radius 1 is 0.893 bits per heavy atom. The van der Waals surface area contributed by atoms with Crippen LogP contribution in [0.3, 0.4) is 0 Å². The first kappa shape index (κ1) is 18.0. The quantitative estimate of drug-likeness (QED) is 0.775. The Kier molecular flexibility index (Phi) is 4.95. The van der Waals surface area contributed by atoms with Crippen LogP contribution in [0.5, 0.6) is 11.5 Å². The number of fused-ring (bicyclic) bond motifs is 2. The van der Waals surface area contributed by atoms with Crippen LogP contribution < -0.4 is 9.47 Å². The molecule has 0 radical (unpaired) electrons. The van der Waals surface area contributed by atoms with Gasteiger partial charge in [-0.15, -0.1) is 0 Å². The fourth-order valence-electron chi connectivity index (χ4n) is 4.66. The highest BCUT2D eigenvalue weighted by atomic mass is 19.1. The van der Waals surface area contributed by atoms with Gasteiger partial charge in [-0.05, 0) is 85.8 Å². The molecule has 2 aromatic carbocycles. The molecule has 0 saturated carbocycles. The molecular weight excluding hydrogens is 355 g/mol. The molecule has 3 aliphatic heterocycles.